The normalized spacial score (nSPS) is 16.9. The van der Waals surface area contributed by atoms with Crippen LogP contribution in [-0.2, 0) is 16.1 Å². The number of benzene rings is 4. The molecule has 6 rings (SSSR count). The van der Waals surface area contributed by atoms with Gasteiger partial charge in [0.15, 0.2) is 17.8 Å². The number of para-hydroxylation sites is 1. The average molecular weight is 602 g/mol. The number of carbonyl (C=O) groups is 1. The molecule has 1 unspecified atom stereocenters. The van der Waals surface area contributed by atoms with Crippen LogP contribution in [0, 0.1) is 0 Å². The Hall–Kier alpha value is -4.04. The van der Waals surface area contributed by atoms with E-state index in [1.54, 1.807) is 0 Å². The molecule has 1 atom stereocenters. The molecule has 7 nitrogen and oxygen atoms in total. The molecule has 0 radical (unpaired) electrons. The molecule has 0 N–H and O–H groups in total. The van der Waals surface area contributed by atoms with Crippen molar-refractivity contribution in [2.45, 2.75) is 19.7 Å². The first-order valence-electron chi connectivity index (χ1n) is 13.8. The summed E-state index contributed by atoms with van der Waals surface area (Å²) in [5, 5.41) is 7.99. The number of nitrogens with zero attached hydrogens (tertiary/aromatic N) is 4. The zero-order valence-electron chi connectivity index (χ0n) is 23.1. The van der Waals surface area contributed by atoms with Gasteiger partial charge in [0.2, 0.25) is 0 Å². The molecule has 1 saturated heterocycles. The summed E-state index contributed by atoms with van der Waals surface area (Å²) in [7, 11) is 0. The van der Waals surface area contributed by atoms with Gasteiger partial charge in [-0.05, 0) is 54.1 Å². The van der Waals surface area contributed by atoms with Crippen molar-refractivity contribution >= 4 is 51.9 Å². The summed E-state index contributed by atoms with van der Waals surface area (Å²) in [5.74, 6) is 0.893. The van der Waals surface area contributed by atoms with Gasteiger partial charge in [-0.1, -0.05) is 71.7 Å². The lowest BCUT2D eigenvalue weighted by atomic mass is 10.1. The van der Waals surface area contributed by atoms with Gasteiger partial charge in [-0.3, -0.25) is 9.69 Å². The largest absolute Gasteiger partial charge is 0.489 e. The van der Waals surface area contributed by atoms with E-state index in [0.29, 0.717) is 41.5 Å². The predicted octanol–water partition coefficient (Wildman–Crippen LogP) is 7.34. The molecule has 4 aromatic carbocycles. The highest BCUT2D eigenvalue weighted by atomic mass is 35.5. The van der Waals surface area contributed by atoms with E-state index in [0.717, 1.165) is 41.3 Å². The van der Waals surface area contributed by atoms with E-state index in [9.17, 15) is 4.79 Å². The summed E-state index contributed by atoms with van der Waals surface area (Å²) in [5.41, 5.74) is 4.42. The predicted molar refractivity (Wildman–Crippen MR) is 169 cm³/mol. The molecular weight excluding hydrogens is 571 g/mol. The third-order valence-electron chi connectivity index (χ3n) is 7.33. The van der Waals surface area contributed by atoms with Crippen LogP contribution < -0.4 is 19.5 Å². The number of carbonyl (C=O) groups excluding carboxylic acids is 1. The Morgan fingerprint density at radius 2 is 1.60 bits per heavy atom. The van der Waals surface area contributed by atoms with Crippen LogP contribution in [0.3, 0.4) is 0 Å². The van der Waals surface area contributed by atoms with Crippen molar-refractivity contribution in [1.29, 1.82) is 0 Å². The molecule has 0 bridgehead atoms. The number of ketones is 1. The Morgan fingerprint density at radius 3 is 2.29 bits per heavy atom. The molecule has 0 saturated carbocycles. The standard InChI is InChI=1S/C33H30Cl2N4O3/c1-23(40)32-36-39(26-8-3-2-4-9-26)33(24-11-14-28(15-12-24)42-22-25-7-5-6-10-29(25)34)38(32)27-13-16-31(30(35)21-27)37-17-19-41-20-18-37/h2-16,21,33H,17-20,22H2,1H3. The summed E-state index contributed by atoms with van der Waals surface area (Å²) in [6, 6.07) is 31.2. The third-order valence-corrected chi connectivity index (χ3v) is 8.01. The minimum Gasteiger partial charge on any atom is -0.489 e. The summed E-state index contributed by atoms with van der Waals surface area (Å²) in [6.45, 7) is 4.77. The lowest BCUT2D eigenvalue weighted by molar-refractivity contribution is -0.111. The molecule has 2 aliphatic heterocycles. The first-order chi connectivity index (χ1) is 20.5. The van der Waals surface area contributed by atoms with Crippen LogP contribution in [-0.4, -0.2) is 37.9 Å². The second-order valence-corrected chi connectivity index (χ2v) is 10.9. The van der Waals surface area contributed by atoms with Crippen LogP contribution in [0.4, 0.5) is 17.1 Å². The molecule has 214 valence electrons. The van der Waals surface area contributed by atoms with Gasteiger partial charge in [0.1, 0.15) is 12.4 Å². The molecule has 2 heterocycles. The van der Waals surface area contributed by atoms with Gasteiger partial charge in [0.05, 0.1) is 29.6 Å². The molecule has 0 amide bonds. The summed E-state index contributed by atoms with van der Waals surface area (Å²) < 4.78 is 11.5. The van der Waals surface area contributed by atoms with Gasteiger partial charge < -0.3 is 14.4 Å². The van der Waals surface area contributed by atoms with Crippen molar-refractivity contribution in [3.05, 3.63) is 118 Å². The maximum atomic E-state index is 13.0. The van der Waals surface area contributed by atoms with Crippen LogP contribution in [0.15, 0.2) is 102 Å². The molecule has 42 heavy (non-hydrogen) atoms. The van der Waals surface area contributed by atoms with Gasteiger partial charge in [0, 0.05) is 36.3 Å². The minimum atomic E-state index is -0.436. The number of ether oxygens (including phenoxy) is 2. The van der Waals surface area contributed by atoms with E-state index >= 15 is 0 Å². The van der Waals surface area contributed by atoms with Gasteiger partial charge in [0.25, 0.3) is 0 Å². The number of hydrazone groups is 1. The highest BCUT2D eigenvalue weighted by Gasteiger charge is 2.39. The van der Waals surface area contributed by atoms with E-state index in [4.69, 9.17) is 37.8 Å². The number of anilines is 3. The second-order valence-electron chi connectivity index (χ2n) is 10.1. The van der Waals surface area contributed by atoms with E-state index in [-0.39, 0.29) is 5.78 Å². The molecule has 1 fully saturated rings. The van der Waals surface area contributed by atoms with E-state index < -0.39 is 6.17 Å². The minimum absolute atomic E-state index is 0.147. The fraction of sp³-hybridized carbons (Fsp3) is 0.212. The van der Waals surface area contributed by atoms with Crippen molar-refractivity contribution in [3.8, 4) is 5.75 Å². The second kappa shape index (κ2) is 12.4. The number of hydrogen-bond acceptors (Lipinski definition) is 7. The maximum Gasteiger partial charge on any atom is 0.198 e. The number of amidine groups is 1. The molecule has 0 aromatic heterocycles. The molecule has 4 aromatic rings. The monoisotopic (exact) mass is 600 g/mol. The SMILES string of the molecule is CC(=O)C1=NN(c2ccccc2)C(c2ccc(OCc3ccccc3Cl)cc2)N1c1ccc(N2CCOCC2)c(Cl)c1. The van der Waals surface area contributed by atoms with Crippen LogP contribution in [0.5, 0.6) is 5.75 Å². The maximum absolute atomic E-state index is 13.0. The van der Waals surface area contributed by atoms with Crippen LogP contribution >= 0.6 is 23.2 Å². The zero-order chi connectivity index (χ0) is 29.1. The Labute approximate surface area is 255 Å². The lowest BCUT2D eigenvalue weighted by Gasteiger charge is -2.33. The van der Waals surface area contributed by atoms with Crippen LogP contribution in [0.1, 0.15) is 24.2 Å². The van der Waals surface area contributed by atoms with Gasteiger partial charge >= 0.3 is 0 Å². The smallest absolute Gasteiger partial charge is 0.198 e. The summed E-state index contributed by atoms with van der Waals surface area (Å²) in [6.07, 6.45) is -0.436. The van der Waals surface area contributed by atoms with E-state index in [2.05, 4.69) is 4.90 Å². The molecular formula is C33H30Cl2N4O3. The molecule has 2 aliphatic rings. The van der Waals surface area contributed by atoms with Gasteiger partial charge in [-0.2, -0.15) is 0 Å². The van der Waals surface area contributed by atoms with Gasteiger partial charge in [-0.15, -0.1) is 5.10 Å². The van der Waals surface area contributed by atoms with Crippen molar-refractivity contribution < 1.29 is 14.3 Å². The van der Waals surface area contributed by atoms with E-state index in [1.165, 1.54) is 6.92 Å². The fourth-order valence-corrected chi connectivity index (χ4v) is 5.71. The summed E-state index contributed by atoms with van der Waals surface area (Å²) >= 11 is 13.2. The average Bonchev–Trinajstić information content (AvgIpc) is 3.43. The summed E-state index contributed by atoms with van der Waals surface area (Å²) in [4.78, 5) is 17.2. The third kappa shape index (κ3) is 5.81. The molecule has 0 aliphatic carbocycles. The van der Waals surface area contributed by atoms with Crippen molar-refractivity contribution in [2.24, 2.45) is 5.10 Å². The molecule has 9 heteroatoms. The first-order valence-corrected chi connectivity index (χ1v) is 14.6. The van der Waals surface area contributed by atoms with E-state index in [1.807, 2.05) is 107 Å². The first kappa shape index (κ1) is 28.1. The zero-order valence-corrected chi connectivity index (χ0v) is 24.6. The Balaban J connectivity index is 1.35. The Morgan fingerprint density at radius 1 is 0.881 bits per heavy atom. The number of rotatable bonds is 8. The molecule has 0 spiro atoms. The van der Waals surface area contributed by atoms with Crippen molar-refractivity contribution in [2.75, 3.05) is 41.1 Å². The lowest BCUT2D eigenvalue weighted by Crippen LogP contribution is -2.38. The van der Waals surface area contributed by atoms with Crippen LogP contribution in [0.25, 0.3) is 0 Å². The van der Waals surface area contributed by atoms with Crippen molar-refractivity contribution in [3.63, 3.8) is 0 Å². The van der Waals surface area contributed by atoms with Crippen LogP contribution in [0.2, 0.25) is 10.0 Å². The van der Waals surface area contributed by atoms with Crippen molar-refractivity contribution in [1.82, 2.24) is 0 Å². The van der Waals surface area contributed by atoms with Gasteiger partial charge in [-0.25, -0.2) is 5.01 Å². The number of Topliss-reactive ketones (excluding diaryl/α,β-unsaturated/α-hetero) is 1. The topological polar surface area (TPSA) is 57.6 Å². The Kier molecular flexibility index (Phi) is 8.33. The quantitative estimate of drug-likeness (QED) is 0.211. The fourth-order valence-electron chi connectivity index (χ4n) is 5.22. The number of hydrogen-bond donors (Lipinski definition) is 0. The Bertz CT molecular complexity index is 1590. The number of halogens is 2. The highest BCUT2D eigenvalue weighted by molar-refractivity contribution is 6.44. The highest BCUT2D eigenvalue weighted by Crippen LogP contribution is 2.41. The number of morpholine rings is 1.